The van der Waals surface area contributed by atoms with Crippen LogP contribution in [0.3, 0.4) is 0 Å². The molecule has 0 saturated carbocycles. The van der Waals surface area contributed by atoms with Gasteiger partial charge in [-0.2, -0.15) is 0 Å². The van der Waals surface area contributed by atoms with Crippen LogP contribution in [0.5, 0.6) is 5.75 Å². The van der Waals surface area contributed by atoms with Crippen molar-refractivity contribution in [2.45, 2.75) is 13.5 Å². The monoisotopic (exact) mass is 462 g/mol. The van der Waals surface area contributed by atoms with Gasteiger partial charge in [0, 0.05) is 11.3 Å². The minimum atomic E-state index is -0.518. The number of rotatable bonds is 7. The van der Waals surface area contributed by atoms with Crippen LogP contribution in [0.4, 0.5) is 15.8 Å². The topological polar surface area (TPSA) is 93.2 Å². The molecule has 0 radical (unpaired) electrons. The van der Waals surface area contributed by atoms with E-state index in [4.69, 9.17) is 4.74 Å². The van der Waals surface area contributed by atoms with Crippen LogP contribution in [0.25, 0.3) is 0 Å². The highest BCUT2D eigenvalue weighted by Gasteiger charge is 2.14. The Morgan fingerprint density at radius 1 is 0.939 bits per heavy atom. The summed E-state index contributed by atoms with van der Waals surface area (Å²) >= 11 is 1.14. The van der Waals surface area contributed by atoms with Crippen molar-refractivity contribution in [2.24, 2.45) is 0 Å². The van der Waals surface area contributed by atoms with Gasteiger partial charge in [0.15, 0.2) is 5.01 Å². The Kier molecular flexibility index (Phi) is 6.70. The molecule has 0 aliphatic carbocycles. The second-order valence-corrected chi connectivity index (χ2v) is 8.13. The number of carbonyl (C=O) groups excluding carboxylic acids is 2. The molecular weight excluding hydrogens is 443 g/mol. The first-order chi connectivity index (χ1) is 16.0. The number of carbonyl (C=O) groups is 2. The number of anilines is 2. The summed E-state index contributed by atoms with van der Waals surface area (Å²) in [5.74, 6) is -0.677. The number of halogens is 1. The van der Waals surface area contributed by atoms with Crippen molar-refractivity contribution in [2.75, 3.05) is 10.6 Å². The number of nitrogens with zero attached hydrogens (tertiary/aromatic N) is 2. The van der Waals surface area contributed by atoms with E-state index >= 15 is 0 Å². The standard InChI is InChI=1S/C24H19FN4O3S/c1-15-5-4-6-18(13-15)32-14-21-28-29-24(33-21)23(31)26-17-11-9-16(10-12-17)22(30)27-20-8-3-2-7-19(20)25/h2-13H,14H2,1H3,(H,26,31)(H,27,30). The lowest BCUT2D eigenvalue weighted by molar-refractivity contribution is 0.101. The number of para-hydroxylation sites is 1. The van der Waals surface area contributed by atoms with E-state index in [1.165, 1.54) is 24.3 Å². The van der Waals surface area contributed by atoms with Gasteiger partial charge in [-0.25, -0.2) is 4.39 Å². The summed E-state index contributed by atoms with van der Waals surface area (Å²) in [4.78, 5) is 24.8. The van der Waals surface area contributed by atoms with E-state index in [0.29, 0.717) is 16.3 Å². The Hall–Kier alpha value is -4.11. The second-order valence-electron chi connectivity index (χ2n) is 7.07. The number of ether oxygens (including phenoxy) is 1. The predicted molar refractivity (Wildman–Crippen MR) is 124 cm³/mol. The fourth-order valence-corrected chi connectivity index (χ4v) is 3.55. The Bertz CT molecular complexity index is 1290. The van der Waals surface area contributed by atoms with Gasteiger partial charge in [0.05, 0.1) is 5.69 Å². The summed E-state index contributed by atoms with van der Waals surface area (Å²) in [6, 6.07) is 19.8. The van der Waals surface area contributed by atoms with Crippen LogP contribution in [0.2, 0.25) is 0 Å². The number of hydrogen-bond acceptors (Lipinski definition) is 6. The molecular formula is C24H19FN4O3S. The van der Waals surface area contributed by atoms with Crippen LogP contribution in [-0.4, -0.2) is 22.0 Å². The zero-order valence-electron chi connectivity index (χ0n) is 17.5. The van der Waals surface area contributed by atoms with Crippen LogP contribution >= 0.6 is 11.3 Å². The number of nitrogens with one attached hydrogen (secondary N) is 2. The highest BCUT2D eigenvalue weighted by Crippen LogP contribution is 2.19. The Morgan fingerprint density at radius 2 is 1.73 bits per heavy atom. The molecule has 2 N–H and O–H groups in total. The van der Waals surface area contributed by atoms with E-state index in [1.54, 1.807) is 24.3 Å². The van der Waals surface area contributed by atoms with E-state index < -0.39 is 17.6 Å². The first-order valence-corrected chi connectivity index (χ1v) is 10.8. The summed E-state index contributed by atoms with van der Waals surface area (Å²) in [5.41, 5.74) is 1.98. The van der Waals surface area contributed by atoms with Crippen molar-refractivity contribution in [1.29, 1.82) is 0 Å². The summed E-state index contributed by atoms with van der Waals surface area (Å²) < 4.78 is 19.4. The maximum absolute atomic E-state index is 13.7. The molecule has 0 unspecified atom stereocenters. The van der Waals surface area contributed by atoms with Gasteiger partial charge >= 0.3 is 0 Å². The molecule has 0 bridgehead atoms. The van der Waals surface area contributed by atoms with Gasteiger partial charge < -0.3 is 15.4 Å². The highest BCUT2D eigenvalue weighted by atomic mass is 32.1. The van der Waals surface area contributed by atoms with Crippen LogP contribution in [0, 0.1) is 12.7 Å². The van der Waals surface area contributed by atoms with Gasteiger partial charge in [-0.1, -0.05) is 35.6 Å². The third-order valence-electron chi connectivity index (χ3n) is 4.54. The molecule has 0 aliphatic heterocycles. The first-order valence-electron chi connectivity index (χ1n) is 9.97. The van der Waals surface area contributed by atoms with Crippen molar-refractivity contribution in [1.82, 2.24) is 10.2 Å². The largest absolute Gasteiger partial charge is 0.486 e. The molecule has 4 rings (SSSR count). The van der Waals surface area contributed by atoms with E-state index in [-0.39, 0.29) is 17.3 Å². The number of amides is 2. The zero-order chi connectivity index (χ0) is 23.2. The Morgan fingerprint density at radius 3 is 2.48 bits per heavy atom. The van der Waals surface area contributed by atoms with Crippen molar-refractivity contribution >= 4 is 34.5 Å². The number of hydrogen-bond donors (Lipinski definition) is 2. The summed E-state index contributed by atoms with van der Waals surface area (Å²) in [5, 5.41) is 13.9. The molecule has 33 heavy (non-hydrogen) atoms. The lowest BCUT2D eigenvalue weighted by atomic mass is 10.2. The summed E-state index contributed by atoms with van der Waals surface area (Å²) in [7, 11) is 0. The summed E-state index contributed by atoms with van der Waals surface area (Å²) in [6.45, 7) is 2.18. The van der Waals surface area contributed by atoms with Crippen LogP contribution in [0.15, 0.2) is 72.8 Å². The molecule has 1 aromatic heterocycles. The van der Waals surface area contributed by atoms with Crippen molar-refractivity contribution in [3.63, 3.8) is 0 Å². The van der Waals surface area contributed by atoms with Gasteiger partial charge in [-0.3, -0.25) is 9.59 Å². The van der Waals surface area contributed by atoms with E-state index in [0.717, 1.165) is 22.6 Å². The maximum atomic E-state index is 13.7. The van der Waals surface area contributed by atoms with E-state index in [9.17, 15) is 14.0 Å². The molecule has 3 aromatic carbocycles. The lowest BCUT2D eigenvalue weighted by Gasteiger charge is -2.07. The SMILES string of the molecule is Cc1cccc(OCc2nnc(C(=O)Nc3ccc(C(=O)Nc4ccccc4F)cc3)s2)c1. The van der Waals surface area contributed by atoms with Crippen LogP contribution in [-0.2, 0) is 6.61 Å². The Balaban J connectivity index is 1.33. The van der Waals surface area contributed by atoms with E-state index in [1.807, 2.05) is 31.2 Å². The number of aromatic nitrogens is 2. The predicted octanol–water partition coefficient (Wildman–Crippen LogP) is 5.07. The van der Waals surface area contributed by atoms with Crippen molar-refractivity contribution in [3.8, 4) is 5.75 Å². The molecule has 0 fully saturated rings. The smallest absolute Gasteiger partial charge is 0.286 e. The molecule has 9 heteroatoms. The van der Waals surface area contributed by atoms with Gasteiger partial charge in [0.1, 0.15) is 18.2 Å². The number of benzene rings is 3. The Labute approximate surface area is 193 Å². The minimum Gasteiger partial charge on any atom is -0.486 e. The van der Waals surface area contributed by atoms with E-state index in [2.05, 4.69) is 20.8 Å². The number of aryl methyl sites for hydroxylation is 1. The van der Waals surface area contributed by atoms with Crippen molar-refractivity contribution < 1.29 is 18.7 Å². The molecule has 0 spiro atoms. The fraction of sp³-hybridized carbons (Fsp3) is 0.0833. The maximum Gasteiger partial charge on any atom is 0.286 e. The normalized spacial score (nSPS) is 10.5. The van der Waals surface area contributed by atoms with Gasteiger partial charge in [-0.15, -0.1) is 10.2 Å². The summed E-state index contributed by atoms with van der Waals surface area (Å²) in [6.07, 6.45) is 0. The van der Waals surface area contributed by atoms with Crippen LogP contribution < -0.4 is 15.4 Å². The van der Waals surface area contributed by atoms with Gasteiger partial charge in [0.2, 0.25) is 5.01 Å². The first kappa shape index (κ1) is 22.1. The van der Waals surface area contributed by atoms with Crippen LogP contribution in [0.1, 0.15) is 30.7 Å². The molecule has 166 valence electrons. The average molecular weight is 463 g/mol. The average Bonchev–Trinajstić information content (AvgIpc) is 3.29. The molecule has 7 nitrogen and oxygen atoms in total. The molecule has 0 saturated heterocycles. The van der Waals surface area contributed by atoms with Gasteiger partial charge in [-0.05, 0) is 61.0 Å². The highest BCUT2D eigenvalue weighted by molar-refractivity contribution is 7.13. The molecule has 1 heterocycles. The third kappa shape index (κ3) is 5.78. The lowest BCUT2D eigenvalue weighted by Crippen LogP contribution is -2.14. The third-order valence-corrected chi connectivity index (χ3v) is 5.44. The molecule has 0 atom stereocenters. The zero-order valence-corrected chi connectivity index (χ0v) is 18.4. The molecule has 2 amide bonds. The van der Waals surface area contributed by atoms with Crippen molar-refractivity contribution in [3.05, 3.63) is 99.8 Å². The van der Waals surface area contributed by atoms with Gasteiger partial charge in [0.25, 0.3) is 11.8 Å². The quantitative estimate of drug-likeness (QED) is 0.400. The fourth-order valence-electron chi connectivity index (χ4n) is 2.90. The molecule has 4 aromatic rings. The minimum absolute atomic E-state index is 0.0957. The second kappa shape index (κ2) is 10.0. The molecule has 0 aliphatic rings.